The minimum atomic E-state index is 0.553. The van der Waals surface area contributed by atoms with Crippen molar-refractivity contribution in [1.82, 2.24) is 25.0 Å². The summed E-state index contributed by atoms with van der Waals surface area (Å²) in [5, 5.41) is 8.38. The Bertz CT molecular complexity index is 841. The average molecular weight is 309 g/mol. The number of para-hydroxylation sites is 1. The van der Waals surface area contributed by atoms with Gasteiger partial charge in [0.05, 0.1) is 5.52 Å². The van der Waals surface area contributed by atoms with Gasteiger partial charge in [-0.3, -0.25) is 0 Å². The van der Waals surface area contributed by atoms with Gasteiger partial charge >= 0.3 is 0 Å². The van der Waals surface area contributed by atoms with Crippen molar-refractivity contribution < 1.29 is 0 Å². The predicted octanol–water partition coefficient (Wildman–Crippen LogP) is 2.03. The summed E-state index contributed by atoms with van der Waals surface area (Å²) in [4.78, 5) is 11.0. The van der Waals surface area contributed by atoms with Crippen LogP contribution in [0, 0.1) is 5.92 Å². The number of aromatic nitrogens is 5. The second-order valence-corrected chi connectivity index (χ2v) is 6.12. The van der Waals surface area contributed by atoms with Crippen LogP contribution in [-0.4, -0.2) is 38.1 Å². The van der Waals surface area contributed by atoms with Crippen LogP contribution in [0.1, 0.15) is 19.8 Å². The van der Waals surface area contributed by atoms with Crippen molar-refractivity contribution >= 4 is 22.5 Å². The second kappa shape index (κ2) is 5.49. The molecule has 0 spiro atoms. The van der Waals surface area contributed by atoms with E-state index in [0.717, 1.165) is 36.4 Å². The van der Waals surface area contributed by atoms with Gasteiger partial charge in [0.25, 0.3) is 0 Å². The van der Waals surface area contributed by atoms with Gasteiger partial charge in [-0.25, -0.2) is 9.97 Å². The number of nitrogen functional groups attached to an aromatic ring is 1. The van der Waals surface area contributed by atoms with Crippen LogP contribution in [-0.2, 0) is 0 Å². The fourth-order valence-electron chi connectivity index (χ4n) is 3.21. The second-order valence-electron chi connectivity index (χ2n) is 6.12. The van der Waals surface area contributed by atoms with Gasteiger partial charge in [0, 0.05) is 13.1 Å². The molecule has 1 aliphatic rings. The van der Waals surface area contributed by atoms with E-state index in [-0.39, 0.29) is 0 Å². The summed E-state index contributed by atoms with van der Waals surface area (Å²) in [6, 6.07) is 7.76. The lowest BCUT2D eigenvalue weighted by Gasteiger charge is -2.32. The largest absolute Gasteiger partial charge is 0.393 e. The first-order chi connectivity index (χ1) is 11.2. The van der Waals surface area contributed by atoms with E-state index in [1.165, 1.54) is 6.42 Å². The van der Waals surface area contributed by atoms with Crippen molar-refractivity contribution in [1.29, 1.82) is 0 Å². The maximum atomic E-state index is 6.39. The van der Waals surface area contributed by atoms with E-state index in [1.54, 1.807) is 11.0 Å². The van der Waals surface area contributed by atoms with E-state index >= 15 is 0 Å². The molecule has 3 heterocycles. The highest BCUT2D eigenvalue weighted by Gasteiger charge is 2.22. The Balaban J connectivity index is 1.80. The number of piperidine rings is 1. The molecule has 1 fully saturated rings. The van der Waals surface area contributed by atoms with E-state index in [1.807, 2.05) is 24.3 Å². The maximum absolute atomic E-state index is 6.39. The van der Waals surface area contributed by atoms with Gasteiger partial charge in [0.2, 0.25) is 0 Å². The Morgan fingerprint density at radius 1 is 1.17 bits per heavy atom. The summed E-state index contributed by atoms with van der Waals surface area (Å²) in [5.74, 6) is 2.02. The number of benzene rings is 1. The molecule has 0 saturated carbocycles. The fourth-order valence-corrected chi connectivity index (χ4v) is 3.21. The molecule has 0 bridgehead atoms. The molecule has 1 atom stereocenters. The van der Waals surface area contributed by atoms with Crippen LogP contribution in [0.3, 0.4) is 0 Å². The molecule has 0 aliphatic carbocycles. The third-order valence-electron chi connectivity index (χ3n) is 4.35. The lowest BCUT2D eigenvalue weighted by Crippen LogP contribution is -2.35. The average Bonchev–Trinajstić information content (AvgIpc) is 2.99. The zero-order valence-electron chi connectivity index (χ0n) is 13.1. The SMILES string of the molecule is CC1CCCN(c2ncnc(-n3nnc4ccccc43)c2N)C1. The molecule has 2 aromatic heterocycles. The summed E-state index contributed by atoms with van der Waals surface area (Å²) >= 11 is 0. The van der Waals surface area contributed by atoms with Gasteiger partial charge in [0.1, 0.15) is 17.5 Å². The van der Waals surface area contributed by atoms with Gasteiger partial charge in [-0.2, -0.15) is 4.68 Å². The van der Waals surface area contributed by atoms with Gasteiger partial charge in [0.15, 0.2) is 11.6 Å². The van der Waals surface area contributed by atoms with Crippen molar-refractivity contribution in [3.63, 3.8) is 0 Å². The zero-order valence-corrected chi connectivity index (χ0v) is 13.1. The monoisotopic (exact) mass is 309 g/mol. The van der Waals surface area contributed by atoms with Crippen LogP contribution >= 0.6 is 0 Å². The molecule has 1 unspecified atom stereocenters. The lowest BCUT2D eigenvalue weighted by atomic mass is 10.0. The number of fused-ring (bicyclic) bond motifs is 1. The highest BCUT2D eigenvalue weighted by Crippen LogP contribution is 2.29. The summed E-state index contributed by atoms with van der Waals surface area (Å²) in [5.41, 5.74) is 8.64. The van der Waals surface area contributed by atoms with Crippen LogP contribution in [0.4, 0.5) is 11.5 Å². The highest BCUT2D eigenvalue weighted by molar-refractivity contribution is 5.79. The highest BCUT2D eigenvalue weighted by atomic mass is 15.4. The topological polar surface area (TPSA) is 85.8 Å². The molecule has 2 N–H and O–H groups in total. The minimum absolute atomic E-state index is 0.553. The number of hydrogen-bond donors (Lipinski definition) is 1. The van der Waals surface area contributed by atoms with Crippen LogP contribution in [0.15, 0.2) is 30.6 Å². The Morgan fingerprint density at radius 2 is 2.00 bits per heavy atom. The Labute approximate surface area is 134 Å². The van der Waals surface area contributed by atoms with Gasteiger partial charge < -0.3 is 10.6 Å². The summed E-state index contributed by atoms with van der Waals surface area (Å²) in [7, 11) is 0. The van der Waals surface area contributed by atoms with Crippen LogP contribution in [0.25, 0.3) is 16.9 Å². The normalized spacial score (nSPS) is 18.5. The predicted molar refractivity (Wildman–Crippen MR) is 89.5 cm³/mol. The molecule has 0 amide bonds. The number of rotatable bonds is 2. The van der Waals surface area contributed by atoms with Crippen molar-refractivity contribution in [3.8, 4) is 5.82 Å². The van der Waals surface area contributed by atoms with Crippen molar-refractivity contribution in [2.24, 2.45) is 5.92 Å². The Hall–Kier alpha value is -2.70. The molecule has 0 radical (unpaired) electrons. The molecule has 7 heteroatoms. The lowest BCUT2D eigenvalue weighted by molar-refractivity contribution is 0.444. The van der Waals surface area contributed by atoms with E-state index in [0.29, 0.717) is 17.4 Å². The molecule has 7 nitrogen and oxygen atoms in total. The third-order valence-corrected chi connectivity index (χ3v) is 4.35. The van der Waals surface area contributed by atoms with Gasteiger partial charge in [-0.05, 0) is 30.9 Å². The fraction of sp³-hybridized carbons (Fsp3) is 0.375. The molecular formula is C16H19N7. The van der Waals surface area contributed by atoms with Crippen molar-refractivity contribution in [2.45, 2.75) is 19.8 Å². The van der Waals surface area contributed by atoms with Crippen LogP contribution in [0.5, 0.6) is 0 Å². The van der Waals surface area contributed by atoms with Crippen molar-refractivity contribution in [3.05, 3.63) is 30.6 Å². The van der Waals surface area contributed by atoms with Crippen molar-refractivity contribution in [2.75, 3.05) is 23.7 Å². The van der Waals surface area contributed by atoms with E-state index < -0.39 is 0 Å². The molecule has 1 aliphatic heterocycles. The quantitative estimate of drug-likeness (QED) is 0.779. The zero-order chi connectivity index (χ0) is 15.8. The van der Waals surface area contributed by atoms with E-state index in [9.17, 15) is 0 Å². The van der Waals surface area contributed by atoms with Gasteiger partial charge in [-0.1, -0.05) is 24.3 Å². The van der Waals surface area contributed by atoms with E-state index in [4.69, 9.17) is 5.73 Å². The molecule has 23 heavy (non-hydrogen) atoms. The molecule has 1 saturated heterocycles. The Kier molecular flexibility index (Phi) is 3.33. The first-order valence-electron chi connectivity index (χ1n) is 7.90. The molecular weight excluding hydrogens is 290 g/mol. The van der Waals surface area contributed by atoms with E-state index in [2.05, 4.69) is 32.1 Å². The number of hydrogen-bond acceptors (Lipinski definition) is 6. The van der Waals surface area contributed by atoms with Crippen LogP contribution < -0.4 is 10.6 Å². The van der Waals surface area contributed by atoms with Gasteiger partial charge in [-0.15, -0.1) is 5.10 Å². The molecule has 1 aromatic carbocycles. The number of anilines is 2. The number of nitrogens with two attached hydrogens (primary N) is 1. The number of nitrogens with zero attached hydrogens (tertiary/aromatic N) is 6. The molecule has 118 valence electrons. The summed E-state index contributed by atoms with van der Waals surface area (Å²) < 4.78 is 1.68. The standard InChI is InChI=1S/C16H19N7/c1-11-5-4-8-22(9-11)15-14(17)16(19-10-18-15)23-13-7-3-2-6-12(13)20-21-23/h2-3,6-7,10-11H,4-5,8-9,17H2,1H3. The smallest absolute Gasteiger partial charge is 0.184 e. The molecule has 3 aromatic rings. The third kappa shape index (κ3) is 2.38. The molecule has 4 rings (SSSR count). The first-order valence-corrected chi connectivity index (χ1v) is 7.90. The Morgan fingerprint density at radius 3 is 2.87 bits per heavy atom. The first kappa shape index (κ1) is 13.9. The van der Waals surface area contributed by atoms with Crippen LogP contribution in [0.2, 0.25) is 0 Å². The minimum Gasteiger partial charge on any atom is -0.393 e. The summed E-state index contributed by atoms with van der Waals surface area (Å²) in [6.07, 6.45) is 3.96. The summed E-state index contributed by atoms with van der Waals surface area (Å²) in [6.45, 7) is 4.21. The maximum Gasteiger partial charge on any atom is 0.184 e.